The minimum absolute atomic E-state index is 0.110. The van der Waals surface area contributed by atoms with Crippen molar-refractivity contribution in [3.63, 3.8) is 0 Å². The second-order valence-electron chi connectivity index (χ2n) is 5.65. The van der Waals surface area contributed by atoms with Gasteiger partial charge in [0.2, 0.25) is 11.8 Å². The lowest BCUT2D eigenvalue weighted by Gasteiger charge is -2.19. The average Bonchev–Trinajstić information content (AvgIpc) is 2.67. The Hall–Kier alpha value is -2.90. The molecule has 28 heavy (non-hydrogen) atoms. The van der Waals surface area contributed by atoms with Gasteiger partial charge in [-0.25, -0.2) is 0 Å². The average molecular weight is 422 g/mol. The van der Waals surface area contributed by atoms with Gasteiger partial charge >= 0.3 is 0 Å². The smallest absolute Gasteiger partial charge is 0.276 e. The number of benzene rings is 2. The Morgan fingerprint density at radius 1 is 1.14 bits per heavy atom. The van der Waals surface area contributed by atoms with Crippen LogP contribution >= 0.6 is 23.2 Å². The van der Waals surface area contributed by atoms with Crippen molar-refractivity contribution in [3.8, 4) is 0 Å². The van der Waals surface area contributed by atoms with E-state index in [4.69, 9.17) is 23.2 Å². The van der Waals surface area contributed by atoms with Crippen molar-refractivity contribution in [2.75, 3.05) is 18.4 Å². The first-order valence-corrected chi connectivity index (χ1v) is 9.03. The fraction of sp³-hybridized carbons (Fsp3) is 0.158. The predicted molar refractivity (Wildman–Crippen MR) is 109 cm³/mol. The van der Waals surface area contributed by atoms with Gasteiger partial charge in [0.25, 0.3) is 5.69 Å². The van der Waals surface area contributed by atoms with Gasteiger partial charge in [0, 0.05) is 18.7 Å². The summed E-state index contributed by atoms with van der Waals surface area (Å²) in [4.78, 5) is 36.5. The lowest BCUT2D eigenvalue weighted by atomic mass is 10.1. The van der Waals surface area contributed by atoms with Crippen molar-refractivity contribution in [2.24, 2.45) is 0 Å². The van der Waals surface area contributed by atoms with Crippen LogP contribution in [0.2, 0.25) is 10.0 Å². The molecule has 2 amide bonds. The van der Waals surface area contributed by atoms with Gasteiger partial charge in [-0.2, -0.15) is 0 Å². The molecule has 2 rings (SSSR count). The molecule has 0 aliphatic rings. The largest absolute Gasteiger partial charge is 0.330 e. The number of carbonyl (C=O) groups is 2. The van der Waals surface area contributed by atoms with Crippen molar-refractivity contribution in [1.29, 1.82) is 0 Å². The normalized spacial score (nSPS) is 10.7. The number of nitro benzene ring substituents is 1. The van der Waals surface area contributed by atoms with E-state index in [0.29, 0.717) is 5.56 Å². The van der Waals surface area contributed by atoms with E-state index in [1.54, 1.807) is 37.3 Å². The molecule has 146 valence electrons. The molecule has 0 unspecified atom stereocenters. The summed E-state index contributed by atoms with van der Waals surface area (Å²) in [6.07, 6.45) is 2.55. The third-order valence-electron chi connectivity index (χ3n) is 3.79. The molecule has 1 N–H and O–H groups in total. The first-order chi connectivity index (χ1) is 13.3. The molecule has 0 spiro atoms. The number of hydrogen-bond donors (Lipinski definition) is 1. The van der Waals surface area contributed by atoms with Gasteiger partial charge in [-0.05, 0) is 31.2 Å². The molecule has 0 heterocycles. The van der Waals surface area contributed by atoms with Gasteiger partial charge in [-0.1, -0.05) is 41.4 Å². The predicted octanol–water partition coefficient (Wildman–Crippen LogP) is 4.40. The fourth-order valence-electron chi connectivity index (χ4n) is 2.38. The number of nitro groups is 1. The molecule has 0 saturated heterocycles. The molecule has 0 radical (unpaired) electrons. The van der Waals surface area contributed by atoms with E-state index in [1.165, 1.54) is 29.2 Å². The number of carbonyl (C=O) groups excluding carboxylic acids is 2. The summed E-state index contributed by atoms with van der Waals surface area (Å²) in [6.45, 7) is 1.76. The van der Waals surface area contributed by atoms with Crippen LogP contribution in [-0.2, 0) is 9.59 Å². The molecule has 7 nitrogen and oxygen atoms in total. The molecule has 0 bridgehead atoms. The highest BCUT2D eigenvalue weighted by atomic mass is 35.5. The van der Waals surface area contributed by atoms with Crippen LogP contribution in [0, 0.1) is 10.1 Å². The molecule has 0 aliphatic carbocycles. The highest BCUT2D eigenvalue weighted by Gasteiger charge is 2.16. The fourth-order valence-corrected chi connectivity index (χ4v) is 2.87. The van der Waals surface area contributed by atoms with Gasteiger partial charge in [0.15, 0.2) is 0 Å². The summed E-state index contributed by atoms with van der Waals surface area (Å²) in [7, 11) is 0. The minimum Gasteiger partial charge on any atom is -0.330 e. The lowest BCUT2D eigenvalue weighted by molar-refractivity contribution is -0.385. The number of para-hydroxylation sites is 2. The highest BCUT2D eigenvalue weighted by Crippen LogP contribution is 2.29. The second kappa shape index (κ2) is 9.87. The maximum absolute atomic E-state index is 12.4. The Morgan fingerprint density at radius 2 is 1.79 bits per heavy atom. The summed E-state index contributed by atoms with van der Waals surface area (Å²) < 4.78 is 0. The molecule has 0 atom stereocenters. The van der Waals surface area contributed by atoms with Crippen LogP contribution in [0.25, 0.3) is 6.08 Å². The van der Waals surface area contributed by atoms with Crippen molar-refractivity contribution >= 4 is 52.5 Å². The van der Waals surface area contributed by atoms with Crippen molar-refractivity contribution in [1.82, 2.24) is 4.90 Å². The number of rotatable bonds is 7. The molecule has 2 aromatic carbocycles. The maximum atomic E-state index is 12.4. The van der Waals surface area contributed by atoms with E-state index < -0.39 is 16.7 Å². The Morgan fingerprint density at radius 3 is 2.39 bits per heavy atom. The molecule has 2 aromatic rings. The first kappa shape index (κ1) is 21.4. The van der Waals surface area contributed by atoms with Gasteiger partial charge < -0.3 is 10.2 Å². The van der Waals surface area contributed by atoms with Gasteiger partial charge in [-0.3, -0.25) is 19.7 Å². The number of nitrogens with one attached hydrogen (secondary N) is 1. The highest BCUT2D eigenvalue weighted by molar-refractivity contribution is 6.39. The van der Waals surface area contributed by atoms with Crippen LogP contribution < -0.4 is 5.32 Å². The molecular formula is C19H17Cl2N3O4. The molecular weight excluding hydrogens is 405 g/mol. The Balaban J connectivity index is 2.07. The van der Waals surface area contributed by atoms with Crippen molar-refractivity contribution < 1.29 is 14.5 Å². The minimum atomic E-state index is -0.525. The number of amides is 2. The van der Waals surface area contributed by atoms with Crippen LogP contribution in [0.5, 0.6) is 0 Å². The summed E-state index contributed by atoms with van der Waals surface area (Å²) in [6, 6.07) is 10.9. The van der Waals surface area contributed by atoms with Crippen LogP contribution in [0.15, 0.2) is 48.5 Å². The topological polar surface area (TPSA) is 92.6 Å². The Labute approximate surface area is 171 Å². The van der Waals surface area contributed by atoms with Gasteiger partial charge in [0.05, 0.1) is 26.2 Å². The van der Waals surface area contributed by atoms with Crippen LogP contribution in [0.3, 0.4) is 0 Å². The van der Waals surface area contributed by atoms with Crippen LogP contribution in [-0.4, -0.2) is 34.7 Å². The van der Waals surface area contributed by atoms with Crippen LogP contribution in [0.1, 0.15) is 12.5 Å². The van der Waals surface area contributed by atoms with Gasteiger partial charge in [0.1, 0.15) is 6.54 Å². The third kappa shape index (κ3) is 5.55. The van der Waals surface area contributed by atoms with Crippen molar-refractivity contribution in [2.45, 2.75) is 6.92 Å². The third-order valence-corrected chi connectivity index (χ3v) is 4.42. The summed E-state index contributed by atoms with van der Waals surface area (Å²) in [5.41, 5.74) is 0.458. The quantitative estimate of drug-likeness (QED) is 0.407. The second-order valence-corrected chi connectivity index (χ2v) is 6.46. The SMILES string of the molecule is CCN(CC(=O)Nc1c(Cl)cccc1Cl)C(=O)/C=C/c1ccccc1[N+](=O)[O-]. The number of likely N-dealkylation sites (N-methyl/N-ethyl adjacent to an activating group) is 1. The summed E-state index contributed by atoms with van der Waals surface area (Å²) >= 11 is 12.0. The summed E-state index contributed by atoms with van der Waals surface area (Å²) in [5, 5.41) is 14.2. The molecule has 0 saturated carbocycles. The number of anilines is 1. The monoisotopic (exact) mass is 421 g/mol. The molecule has 0 fully saturated rings. The molecule has 0 aromatic heterocycles. The number of hydrogen-bond acceptors (Lipinski definition) is 4. The Kier molecular flexibility index (Phi) is 7.54. The van der Waals surface area contributed by atoms with Crippen LogP contribution in [0.4, 0.5) is 11.4 Å². The first-order valence-electron chi connectivity index (χ1n) is 8.27. The van der Waals surface area contributed by atoms with E-state index in [1.807, 2.05) is 0 Å². The van der Waals surface area contributed by atoms with Gasteiger partial charge in [-0.15, -0.1) is 0 Å². The van der Waals surface area contributed by atoms with E-state index in [0.717, 1.165) is 0 Å². The van der Waals surface area contributed by atoms with E-state index in [2.05, 4.69) is 5.32 Å². The zero-order valence-corrected chi connectivity index (χ0v) is 16.4. The standard InChI is InChI=1S/C19H17Cl2N3O4/c1-2-23(12-17(25)22-19-14(20)7-5-8-15(19)21)18(26)11-10-13-6-3-4-9-16(13)24(27)28/h3-11H,2,12H2,1H3,(H,22,25)/b11-10+. The zero-order valence-electron chi connectivity index (χ0n) is 14.9. The Bertz CT molecular complexity index is 911. The maximum Gasteiger partial charge on any atom is 0.276 e. The van der Waals surface area contributed by atoms with Crippen molar-refractivity contribution in [3.05, 3.63) is 74.3 Å². The van der Waals surface area contributed by atoms with E-state index >= 15 is 0 Å². The summed E-state index contributed by atoms with van der Waals surface area (Å²) in [5.74, 6) is -0.926. The number of halogens is 2. The van der Waals surface area contributed by atoms with E-state index in [-0.39, 0.29) is 34.5 Å². The lowest BCUT2D eigenvalue weighted by Crippen LogP contribution is -2.37. The molecule has 0 aliphatic heterocycles. The van der Waals surface area contributed by atoms with E-state index in [9.17, 15) is 19.7 Å². The number of nitrogens with zero attached hydrogens (tertiary/aromatic N) is 2. The zero-order chi connectivity index (χ0) is 20.7. The molecule has 9 heteroatoms.